The summed E-state index contributed by atoms with van der Waals surface area (Å²) in [6.07, 6.45) is 0.853. The first-order chi connectivity index (χ1) is 10.1. The van der Waals surface area contributed by atoms with E-state index in [0.717, 1.165) is 33.8 Å². The molecule has 2 nitrogen and oxygen atoms in total. The smallest absolute Gasteiger partial charge is 0.118 e. The van der Waals surface area contributed by atoms with Crippen molar-refractivity contribution in [2.75, 3.05) is 13.7 Å². The van der Waals surface area contributed by atoms with Crippen molar-refractivity contribution < 1.29 is 4.74 Å². The van der Waals surface area contributed by atoms with Crippen LogP contribution in [-0.2, 0) is 6.42 Å². The number of ether oxygens (including phenoxy) is 1. The molecule has 0 aliphatic rings. The van der Waals surface area contributed by atoms with Crippen LogP contribution in [0.1, 0.15) is 24.1 Å². The van der Waals surface area contributed by atoms with Gasteiger partial charge in [-0.1, -0.05) is 52.7 Å². The van der Waals surface area contributed by atoms with Gasteiger partial charge in [-0.25, -0.2) is 0 Å². The Kier molecular flexibility index (Phi) is 6.09. The summed E-state index contributed by atoms with van der Waals surface area (Å²) in [6.45, 7) is 3.02. The molecular weight excluding hydrogens is 350 g/mol. The Morgan fingerprint density at radius 3 is 2.48 bits per heavy atom. The van der Waals surface area contributed by atoms with E-state index in [1.54, 1.807) is 7.11 Å². The lowest BCUT2D eigenvalue weighted by atomic mass is 9.98. The lowest BCUT2D eigenvalue weighted by molar-refractivity contribution is 0.414. The Morgan fingerprint density at radius 1 is 1.19 bits per heavy atom. The summed E-state index contributed by atoms with van der Waals surface area (Å²) in [6, 6.07) is 14.4. The lowest BCUT2D eigenvalue weighted by Crippen LogP contribution is -2.23. The Balaban J connectivity index is 2.21. The van der Waals surface area contributed by atoms with Gasteiger partial charge < -0.3 is 10.1 Å². The second kappa shape index (κ2) is 7.83. The standard InChI is InChI=1S/C17H19BrClNO/c1-3-20-17(12-5-8-15(21-2)9-6-12)10-13-4-7-14(18)11-16(13)19/h4-9,11,17,20H,3,10H2,1-2H3. The molecule has 21 heavy (non-hydrogen) atoms. The van der Waals surface area contributed by atoms with Crippen LogP contribution >= 0.6 is 27.5 Å². The molecule has 0 saturated heterocycles. The van der Waals surface area contributed by atoms with Crippen LogP contribution in [0.3, 0.4) is 0 Å². The fourth-order valence-corrected chi connectivity index (χ4v) is 3.05. The summed E-state index contributed by atoms with van der Waals surface area (Å²) < 4.78 is 6.21. The molecular formula is C17H19BrClNO. The number of methoxy groups -OCH3 is 1. The highest BCUT2D eigenvalue weighted by molar-refractivity contribution is 9.10. The fourth-order valence-electron chi connectivity index (χ4n) is 2.30. The van der Waals surface area contributed by atoms with Gasteiger partial charge in [-0.3, -0.25) is 0 Å². The van der Waals surface area contributed by atoms with Gasteiger partial charge in [0, 0.05) is 15.5 Å². The van der Waals surface area contributed by atoms with Crippen molar-refractivity contribution >= 4 is 27.5 Å². The lowest BCUT2D eigenvalue weighted by Gasteiger charge is -2.19. The van der Waals surface area contributed by atoms with Crippen molar-refractivity contribution in [1.29, 1.82) is 0 Å². The molecule has 0 aromatic heterocycles. The quantitative estimate of drug-likeness (QED) is 0.774. The number of halogens is 2. The zero-order valence-electron chi connectivity index (χ0n) is 12.2. The highest BCUT2D eigenvalue weighted by atomic mass is 79.9. The van der Waals surface area contributed by atoms with Gasteiger partial charge in [0.1, 0.15) is 5.75 Å². The van der Waals surface area contributed by atoms with Crippen molar-refractivity contribution in [1.82, 2.24) is 5.32 Å². The van der Waals surface area contributed by atoms with E-state index in [4.69, 9.17) is 16.3 Å². The summed E-state index contributed by atoms with van der Waals surface area (Å²) in [5.74, 6) is 0.871. The zero-order valence-corrected chi connectivity index (χ0v) is 14.5. The largest absolute Gasteiger partial charge is 0.497 e. The first-order valence-corrected chi connectivity index (χ1v) is 8.12. The minimum Gasteiger partial charge on any atom is -0.497 e. The molecule has 0 amide bonds. The van der Waals surface area contributed by atoms with Crippen molar-refractivity contribution in [3.8, 4) is 5.75 Å². The van der Waals surface area contributed by atoms with Crippen LogP contribution < -0.4 is 10.1 Å². The van der Waals surface area contributed by atoms with Crippen molar-refractivity contribution in [2.24, 2.45) is 0 Å². The second-order valence-electron chi connectivity index (χ2n) is 4.82. The molecule has 1 unspecified atom stereocenters. The predicted octanol–water partition coefficient (Wildman–Crippen LogP) is 5.00. The van der Waals surface area contributed by atoms with Crippen LogP contribution in [0.2, 0.25) is 5.02 Å². The summed E-state index contributed by atoms with van der Waals surface area (Å²) in [7, 11) is 1.68. The van der Waals surface area contributed by atoms with Crippen LogP contribution in [0.25, 0.3) is 0 Å². The molecule has 0 fully saturated rings. The van der Waals surface area contributed by atoms with E-state index in [0.29, 0.717) is 0 Å². The maximum atomic E-state index is 6.33. The predicted molar refractivity (Wildman–Crippen MR) is 92.3 cm³/mol. The van der Waals surface area contributed by atoms with Gasteiger partial charge in [0.25, 0.3) is 0 Å². The number of rotatable bonds is 6. The van der Waals surface area contributed by atoms with Gasteiger partial charge in [-0.15, -0.1) is 0 Å². The third-order valence-electron chi connectivity index (χ3n) is 3.41. The normalized spacial score (nSPS) is 12.2. The first kappa shape index (κ1) is 16.3. The van der Waals surface area contributed by atoms with Gasteiger partial charge in [-0.2, -0.15) is 0 Å². The average molecular weight is 369 g/mol. The zero-order chi connectivity index (χ0) is 15.2. The molecule has 2 rings (SSSR count). The Hall–Kier alpha value is -1.03. The van der Waals surface area contributed by atoms with Crippen LogP contribution in [0.5, 0.6) is 5.75 Å². The van der Waals surface area contributed by atoms with Crippen LogP contribution in [0.4, 0.5) is 0 Å². The van der Waals surface area contributed by atoms with E-state index >= 15 is 0 Å². The number of nitrogens with one attached hydrogen (secondary N) is 1. The summed E-state index contributed by atoms with van der Waals surface area (Å²) in [5, 5.41) is 4.31. The van der Waals surface area contributed by atoms with Gasteiger partial charge in [0.15, 0.2) is 0 Å². The van der Waals surface area contributed by atoms with Crippen molar-refractivity contribution in [3.63, 3.8) is 0 Å². The number of hydrogen-bond donors (Lipinski definition) is 1. The van der Waals surface area contributed by atoms with E-state index in [9.17, 15) is 0 Å². The molecule has 112 valence electrons. The third kappa shape index (κ3) is 4.47. The monoisotopic (exact) mass is 367 g/mol. The Morgan fingerprint density at radius 2 is 1.90 bits per heavy atom. The molecule has 0 heterocycles. The van der Waals surface area contributed by atoms with Gasteiger partial charge >= 0.3 is 0 Å². The topological polar surface area (TPSA) is 21.3 Å². The minimum absolute atomic E-state index is 0.236. The van der Waals surface area contributed by atoms with Gasteiger partial charge in [0.2, 0.25) is 0 Å². The van der Waals surface area contributed by atoms with Crippen molar-refractivity contribution in [3.05, 3.63) is 63.1 Å². The summed E-state index contributed by atoms with van der Waals surface area (Å²) in [4.78, 5) is 0. The molecule has 0 aliphatic heterocycles. The van der Waals surface area contributed by atoms with Crippen molar-refractivity contribution in [2.45, 2.75) is 19.4 Å². The molecule has 0 spiro atoms. The molecule has 0 bridgehead atoms. The highest BCUT2D eigenvalue weighted by Crippen LogP contribution is 2.27. The maximum absolute atomic E-state index is 6.33. The minimum atomic E-state index is 0.236. The van der Waals surface area contributed by atoms with E-state index < -0.39 is 0 Å². The number of likely N-dealkylation sites (N-methyl/N-ethyl adjacent to an activating group) is 1. The van der Waals surface area contributed by atoms with Crippen LogP contribution in [0, 0.1) is 0 Å². The second-order valence-corrected chi connectivity index (χ2v) is 6.15. The first-order valence-electron chi connectivity index (χ1n) is 6.95. The molecule has 2 aromatic rings. The highest BCUT2D eigenvalue weighted by Gasteiger charge is 2.13. The number of benzene rings is 2. The summed E-state index contributed by atoms with van der Waals surface area (Å²) in [5.41, 5.74) is 2.37. The van der Waals surface area contributed by atoms with E-state index in [1.807, 2.05) is 24.3 Å². The summed E-state index contributed by atoms with van der Waals surface area (Å²) >= 11 is 9.77. The average Bonchev–Trinajstić information content (AvgIpc) is 2.49. The Bertz CT molecular complexity index is 586. The SMILES string of the molecule is CCNC(Cc1ccc(Br)cc1Cl)c1ccc(OC)cc1. The van der Waals surface area contributed by atoms with Gasteiger partial charge in [0.05, 0.1) is 7.11 Å². The van der Waals surface area contributed by atoms with E-state index in [-0.39, 0.29) is 6.04 Å². The van der Waals surface area contributed by atoms with E-state index in [2.05, 4.69) is 46.4 Å². The van der Waals surface area contributed by atoms with E-state index in [1.165, 1.54) is 5.56 Å². The van der Waals surface area contributed by atoms with Crippen LogP contribution in [0.15, 0.2) is 46.9 Å². The molecule has 2 aromatic carbocycles. The molecule has 1 atom stereocenters. The van der Waals surface area contributed by atoms with Gasteiger partial charge in [-0.05, 0) is 48.4 Å². The molecule has 0 saturated carbocycles. The molecule has 0 aliphatic carbocycles. The molecule has 0 radical (unpaired) electrons. The maximum Gasteiger partial charge on any atom is 0.118 e. The molecule has 4 heteroatoms. The third-order valence-corrected chi connectivity index (χ3v) is 4.25. The Labute approximate surface area is 139 Å². The number of hydrogen-bond acceptors (Lipinski definition) is 2. The van der Waals surface area contributed by atoms with Crippen LogP contribution in [-0.4, -0.2) is 13.7 Å². The fraction of sp³-hybridized carbons (Fsp3) is 0.294. The molecule has 1 N–H and O–H groups in total.